The molecule has 1 fully saturated rings. The largest absolute Gasteiger partial charge is 0.235 e. The highest BCUT2D eigenvalue weighted by Crippen LogP contribution is 2.24. The van der Waals surface area contributed by atoms with Gasteiger partial charge in [-0.25, -0.2) is 9.79 Å². The lowest BCUT2D eigenvalue weighted by atomic mass is 9.98. The molecule has 2 atom stereocenters. The van der Waals surface area contributed by atoms with Crippen molar-refractivity contribution in [2.45, 2.75) is 45.1 Å². The van der Waals surface area contributed by atoms with E-state index in [2.05, 4.69) is 11.9 Å². The van der Waals surface area contributed by atoms with E-state index in [-0.39, 0.29) is 6.04 Å². The van der Waals surface area contributed by atoms with Crippen molar-refractivity contribution in [3.8, 4) is 0 Å². The van der Waals surface area contributed by atoms with Gasteiger partial charge in [0.2, 0.25) is 6.08 Å². The topological polar surface area (TPSA) is 29.4 Å². The minimum atomic E-state index is 0.259. The first-order chi connectivity index (χ1) is 5.34. The van der Waals surface area contributed by atoms with Crippen molar-refractivity contribution in [3.63, 3.8) is 0 Å². The smallest absolute Gasteiger partial charge is 0.211 e. The predicted molar refractivity (Wildman–Crippen MR) is 44.2 cm³/mol. The van der Waals surface area contributed by atoms with Gasteiger partial charge in [0.25, 0.3) is 0 Å². The van der Waals surface area contributed by atoms with Crippen LogP contribution in [0.15, 0.2) is 4.99 Å². The van der Waals surface area contributed by atoms with Gasteiger partial charge < -0.3 is 0 Å². The lowest BCUT2D eigenvalue weighted by Gasteiger charge is -2.13. The average molecular weight is 153 g/mol. The molecule has 62 valence electrons. The monoisotopic (exact) mass is 153 g/mol. The molecule has 1 aliphatic carbocycles. The lowest BCUT2D eigenvalue weighted by molar-refractivity contribution is 0.430. The molecular weight excluding hydrogens is 138 g/mol. The standard InChI is InChI=1S/C9H15NO/c1-8-5-3-2-4-6-9(8)10-7-11/h8-9H,2-6H2,1H3. The summed E-state index contributed by atoms with van der Waals surface area (Å²) in [5.74, 6) is 0.582. The quantitative estimate of drug-likeness (QED) is 0.323. The van der Waals surface area contributed by atoms with Crippen LogP contribution in [0.25, 0.3) is 0 Å². The maximum atomic E-state index is 10.0. The number of aliphatic imine (C=N–C) groups is 1. The van der Waals surface area contributed by atoms with Gasteiger partial charge in [0.1, 0.15) is 0 Å². The highest BCUT2D eigenvalue weighted by Gasteiger charge is 2.18. The molecule has 0 bridgehead atoms. The van der Waals surface area contributed by atoms with Gasteiger partial charge in [0, 0.05) is 0 Å². The molecule has 2 heteroatoms. The Hall–Kier alpha value is -0.620. The molecule has 0 aliphatic heterocycles. The fourth-order valence-corrected chi connectivity index (χ4v) is 1.73. The third kappa shape index (κ3) is 2.47. The van der Waals surface area contributed by atoms with Crippen LogP contribution in [0.1, 0.15) is 39.0 Å². The molecule has 2 unspecified atom stereocenters. The molecule has 0 aromatic carbocycles. The van der Waals surface area contributed by atoms with Gasteiger partial charge in [-0.05, 0) is 18.8 Å². The lowest BCUT2D eigenvalue weighted by Crippen LogP contribution is -2.13. The number of nitrogens with zero attached hydrogens (tertiary/aromatic N) is 1. The van der Waals surface area contributed by atoms with Crippen molar-refractivity contribution < 1.29 is 4.79 Å². The Morgan fingerprint density at radius 3 is 2.73 bits per heavy atom. The van der Waals surface area contributed by atoms with Gasteiger partial charge >= 0.3 is 0 Å². The Kier molecular flexibility index (Phi) is 3.31. The fourth-order valence-electron chi connectivity index (χ4n) is 1.73. The van der Waals surface area contributed by atoms with Crippen LogP contribution in [0.4, 0.5) is 0 Å². The molecule has 0 radical (unpaired) electrons. The molecule has 1 saturated carbocycles. The third-order valence-electron chi connectivity index (χ3n) is 2.53. The van der Waals surface area contributed by atoms with Gasteiger partial charge in [0.05, 0.1) is 6.04 Å². The van der Waals surface area contributed by atoms with Gasteiger partial charge in [-0.1, -0.05) is 26.2 Å². The first kappa shape index (κ1) is 8.48. The second-order valence-corrected chi connectivity index (χ2v) is 3.40. The fraction of sp³-hybridized carbons (Fsp3) is 0.889. The van der Waals surface area contributed by atoms with Crippen LogP contribution in [0.3, 0.4) is 0 Å². The third-order valence-corrected chi connectivity index (χ3v) is 2.53. The predicted octanol–water partition coefficient (Wildman–Crippen LogP) is 2.29. The molecule has 11 heavy (non-hydrogen) atoms. The number of isocyanates is 1. The second kappa shape index (κ2) is 4.30. The summed E-state index contributed by atoms with van der Waals surface area (Å²) in [6.45, 7) is 2.18. The SMILES string of the molecule is CC1CCCCCC1N=C=O. The van der Waals surface area contributed by atoms with Crippen LogP contribution >= 0.6 is 0 Å². The Morgan fingerprint density at radius 2 is 2.00 bits per heavy atom. The average Bonchev–Trinajstić information content (AvgIpc) is 2.18. The van der Waals surface area contributed by atoms with E-state index in [0.29, 0.717) is 5.92 Å². The zero-order valence-corrected chi connectivity index (χ0v) is 7.05. The van der Waals surface area contributed by atoms with Crippen LogP contribution in [-0.2, 0) is 4.79 Å². The maximum absolute atomic E-state index is 10.0. The van der Waals surface area contributed by atoms with Crippen LogP contribution < -0.4 is 0 Å². The minimum absolute atomic E-state index is 0.259. The van der Waals surface area contributed by atoms with Crippen LogP contribution in [-0.4, -0.2) is 12.1 Å². The molecule has 1 rings (SSSR count). The highest BCUT2D eigenvalue weighted by atomic mass is 16.1. The molecule has 0 N–H and O–H groups in total. The van der Waals surface area contributed by atoms with Gasteiger partial charge in [-0.2, -0.15) is 0 Å². The molecule has 0 heterocycles. The summed E-state index contributed by atoms with van der Waals surface area (Å²) < 4.78 is 0. The van der Waals surface area contributed by atoms with Crippen LogP contribution in [0.5, 0.6) is 0 Å². The molecule has 0 saturated heterocycles. The zero-order valence-electron chi connectivity index (χ0n) is 7.05. The summed E-state index contributed by atoms with van der Waals surface area (Å²) in [4.78, 5) is 13.9. The van der Waals surface area contributed by atoms with E-state index in [1.165, 1.54) is 25.7 Å². The van der Waals surface area contributed by atoms with Crippen molar-refractivity contribution in [3.05, 3.63) is 0 Å². The summed E-state index contributed by atoms with van der Waals surface area (Å²) in [7, 11) is 0. The van der Waals surface area contributed by atoms with E-state index in [1.54, 1.807) is 6.08 Å². The van der Waals surface area contributed by atoms with Crippen molar-refractivity contribution in [2.24, 2.45) is 10.9 Å². The van der Waals surface area contributed by atoms with E-state index in [9.17, 15) is 4.79 Å². The number of rotatable bonds is 1. The Balaban J connectivity index is 2.51. The van der Waals surface area contributed by atoms with Crippen molar-refractivity contribution in [1.29, 1.82) is 0 Å². The summed E-state index contributed by atoms with van der Waals surface area (Å²) in [6, 6.07) is 0.259. The number of carbonyl (C=O) groups excluding carboxylic acids is 1. The summed E-state index contributed by atoms with van der Waals surface area (Å²) in [5.41, 5.74) is 0. The first-order valence-electron chi connectivity index (χ1n) is 4.41. The zero-order chi connectivity index (χ0) is 8.10. The first-order valence-corrected chi connectivity index (χ1v) is 4.41. The summed E-state index contributed by atoms with van der Waals surface area (Å²) >= 11 is 0. The summed E-state index contributed by atoms with van der Waals surface area (Å²) in [6.07, 6.45) is 7.79. The molecular formula is C9H15NO. The van der Waals surface area contributed by atoms with Crippen LogP contribution in [0.2, 0.25) is 0 Å². The highest BCUT2D eigenvalue weighted by molar-refractivity contribution is 5.33. The van der Waals surface area contributed by atoms with E-state index in [1.807, 2.05) is 0 Å². The van der Waals surface area contributed by atoms with E-state index in [0.717, 1.165) is 6.42 Å². The molecule has 0 aromatic heterocycles. The second-order valence-electron chi connectivity index (χ2n) is 3.40. The molecule has 0 aromatic rings. The number of hydrogen-bond acceptors (Lipinski definition) is 2. The van der Waals surface area contributed by atoms with Gasteiger partial charge in [-0.15, -0.1) is 0 Å². The van der Waals surface area contributed by atoms with Crippen molar-refractivity contribution in [1.82, 2.24) is 0 Å². The van der Waals surface area contributed by atoms with E-state index in [4.69, 9.17) is 0 Å². The van der Waals surface area contributed by atoms with E-state index < -0.39 is 0 Å². The normalized spacial score (nSPS) is 32.1. The molecule has 1 aliphatic rings. The maximum Gasteiger partial charge on any atom is 0.235 e. The molecule has 0 spiro atoms. The molecule has 0 amide bonds. The van der Waals surface area contributed by atoms with E-state index >= 15 is 0 Å². The van der Waals surface area contributed by atoms with Gasteiger partial charge in [-0.3, -0.25) is 0 Å². The number of hydrogen-bond donors (Lipinski definition) is 0. The van der Waals surface area contributed by atoms with Gasteiger partial charge in [0.15, 0.2) is 0 Å². The Morgan fingerprint density at radius 1 is 1.27 bits per heavy atom. The van der Waals surface area contributed by atoms with Crippen LogP contribution in [0, 0.1) is 5.92 Å². The minimum Gasteiger partial charge on any atom is -0.211 e. The Bertz CT molecular complexity index is 161. The molecule has 2 nitrogen and oxygen atoms in total. The van der Waals surface area contributed by atoms with Crippen molar-refractivity contribution >= 4 is 6.08 Å². The van der Waals surface area contributed by atoms with Crippen molar-refractivity contribution in [2.75, 3.05) is 0 Å². The Labute approximate surface area is 67.7 Å². The summed E-state index contributed by atoms with van der Waals surface area (Å²) in [5, 5.41) is 0.